The molecular weight excluding hydrogens is 264 g/mol. The fourth-order valence-electron chi connectivity index (χ4n) is 2.87. The molecule has 1 atom stereocenters. The van der Waals surface area contributed by atoms with Crippen LogP contribution in [0.1, 0.15) is 30.4 Å². The molecule has 4 nitrogen and oxygen atoms in total. The highest BCUT2D eigenvalue weighted by Crippen LogP contribution is 2.29. The summed E-state index contributed by atoms with van der Waals surface area (Å²) in [6, 6.07) is 8.72. The quantitative estimate of drug-likeness (QED) is 0.905. The Bertz CT molecular complexity index is 493. The van der Waals surface area contributed by atoms with Crippen LogP contribution in [0.2, 0.25) is 0 Å². The van der Waals surface area contributed by atoms with Gasteiger partial charge in [0.05, 0.1) is 6.61 Å². The van der Waals surface area contributed by atoms with Crippen LogP contribution in [0.25, 0.3) is 0 Å². The Kier molecular flexibility index (Phi) is 4.44. The van der Waals surface area contributed by atoms with Gasteiger partial charge in [-0.3, -0.25) is 0 Å². The number of hydrogen-bond donors (Lipinski definition) is 1. The summed E-state index contributed by atoms with van der Waals surface area (Å²) < 4.78 is 5.42. The van der Waals surface area contributed by atoms with E-state index in [0.717, 1.165) is 39.0 Å². The Hall–Kier alpha value is -1.55. The van der Waals surface area contributed by atoms with E-state index >= 15 is 0 Å². The van der Waals surface area contributed by atoms with Crippen molar-refractivity contribution in [3.05, 3.63) is 35.4 Å². The smallest absolute Gasteiger partial charge is 0.317 e. The first kappa shape index (κ1) is 14.4. The molecule has 1 heterocycles. The van der Waals surface area contributed by atoms with Gasteiger partial charge in [0.1, 0.15) is 0 Å². The summed E-state index contributed by atoms with van der Waals surface area (Å²) in [7, 11) is 0. The van der Waals surface area contributed by atoms with Gasteiger partial charge in [0.15, 0.2) is 0 Å². The molecule has 1 aromatic rings. The molecule has 1 saturated carbocycles. The highest BCUT2D eigenvalue weighted by atomic mass is 16.5. The molecule has 1 aliphatic heterocycles. The van der Waals surface area contributed by atoms with Crippen LogP contribution in [-0.2, 0) is 11.3 Å². The third-order valence-corrected chi connectivity index (χ3v) is 4.42. The standard InChI is InChI=1S/C17H24N2O2/c1-13-4-2-3-5-15(13)10-18-17(20)19(16-6-7-16)11-14-8-9-21-12-14/h2-5,14,16H,6-12H2,1H3,(H,18,20). The lowest BCUT2D eigenvalue weighted by molar-refractivity contribution is 0.162. The van der Waals surface area contributed by atoms with Crippen LogP contribution in [0.3, 0.4) is 0 Å². The predicted octanol–water partition coefficient (Wildman–Crippen LogP) is 2.71. The van der Waals surface area contributed by atoms with Gasteiger partial charge in [0, 0.05) is 31.7 Å². The number of urea groups is 1. The third-order valence-electron chi connectivity index (χ3n) is 4.42. The molecule has 3 rings (SSSR count). The minimum Gasteiger partial charge on any atom is -0.381 e. The predicted molar refractivity (Wildman–Crippen MR) is 82.1 cm³/mol. The molecule has 1 saturated heterocycles. The molecule has 2 amide bonds. The highest BCUT2D eigenvalue weighted by molar-refractivity contribution is 5.75. The van der Waals surface area contributed by atoms with Gasteiger partial charge in [-0.05, 0) is 37.3 Å². The summed E-state index contributed by atoms with van der Waals surface area (Å²) >= 11 is 0. The van der Waals surface area contributed by atoms with Crippen LogP contribution < -0.4 is 5.32 Å². The molecular formula is C17H24N2O2. The minimum absolute atomic E-state index is 0.0765. The van der Waals surface area contributed by atoms with E-state index in [2.05, 4.69) is 24.4 Å². The van der Waals surface area contributed by atoms with Gasteiger partial charge in [0.25, 0.3) is 0 Å². The Balaban J connectivity index is 1.55. The number of amides is 2. The zero-order chi connectivity index (χ0) is 14.7. The van der Waals surface area contributed by atoms with Crippen molar-refractivity contribution in [3.8, 4) is 0 Å². The van der Waals surface area contributed by atoms with Gasteiger partial charge in [-0.1, -0.05) is 24.3 Å². The zero-order valence-electron chi connectivity index (χ0n) is 12.7. The van der Waals surface area contributed by atoms with Crippen molar-refractivity contribution in [2.75, 3.05) is 19.8 Å². The van der Waals surface area contributed by atoms with Crippen LogP contribution in [0.15, 0.2) is 24.3 Å². The van der Waals surface area contributed by atoms with Crippen LogP contribution in [-0.4, -0.2) is 36.7 Å². The average Bonchev–Trinajstić information content (AvgIpc) is 3.20. The van der Waals surface area contributed by atoms with E-state index in [4.69, 9.17) is 4.74 Å². The van der Waals surface area contributed by atoms with Crippen molar-refractivity contribution in [2.45, 2.75) is 38.8 Å². The number of rotatable bonds is 5. The lowest BCUT2D eigenvalue weighted by Gasteiger charge is -2.25. The Morgan fingerprint density at radius 1 is 1.33 bits per heavy atom. The molecule has 4 heteroatoms. The van der Waals surface area contributed by atoms with E-state index in [1.807, 2.05) is 17.0 Å². The van der Waals surface area contributed by atoms with Gasteiger partial charge in [-0.25, -0.2) is 4.79 Å². The summed E-state index contributed by atoms with van der Waals surface area (Å²) in [4.78, 5) is 14.5. The van der Waals surface area contributed by atoms with Crippen LogP contribution in [0, 0.1) is 12.8 Å². The molecule has 1 N–H and O–H groups in total. The van der Waals surface area contributed by atoms with Crippen molar-refractivity contribution in [2.24, 2.45) is 5.92 Å². The maximum Gasteiger partial charge on any atom is 0.317 e. The summed E-state index contributed by atoms with van der Waals surface area (Å²) in [5.74, 6) is 0.509. The van der Waals surface area contributed by atoms with Crippen molar-refractivity contribution in [1.29, 1.82) is 0 Å². The van der Waals surface area contributed by atoms with Crippen LogP contribution in [0.4, 0.5) is 4.79 Å². The molecule has 1 aromatic carbocycles. The molecule has 0 spiro atoms. The second kappa shape index (κ2) is 6.48. The summed E-state index contributed by atoms with van der Waals surface area (Å²) in [6.07, 6.45) is 3.37. The van der Waals surface area contributed by atoms with E-state index in [1.165, 1.54) is 11.1 Å². The van der Waals surface area contributed by atoms with E-state index < -0.39 is 0 Å². The normalized spacial score (nSPS) is 21.3. The van der Waals surface area contributed by atoms with E-state index in [9.17, 15) is 4.79 Å². The maximum atomic E-state index is 12.5. The Labute approximate surface area is 126 Å². The minimum atomic E-state index is 0.0765. The number of hydrogen-bond acceptors (Lipinski definition) is 2. The first-order valence-corrected chi connectivity index (χ1v) is 7.91. The topological polar surface area (TPSA) is 41.6 Å². The van der Waals surface area contributed by atoms with Crippen molar-refractivity contribution < 1.29 is 9.53 Å². The number of carbonyl (C=O) groups is 1. The molecule has 1 unspecified atom stereocenters. The average molecular weight is 288 g/mol. The second-order valence-electron chi connectivity index (χ2n) is 6.20. The first-order valence-electron chi connectivity index (χ1n) is 7.91. The maximum absolute atomic E-state index is 12.5. The summed E-state index contributed by atoms with van der Waals surface area (Å²) in [5.41, 5.74) is 2.41. The Morgan fingerprint density at radius 2 is 2.14 bits per heavy atom. The Morgan fingerprint density at radius 3 is 2.81 bits per heavy atom. The summed E-state index contributed by atoms with van der Waals surface area (Å²) in [6.45, 7) is 5.17. The van der Waals surface area contributed by atoms with Gasteiger partial charge < -0.3 is 15.0 Å². The van der Waals surface area contributed by atoms with Crippen molar-refractivity contribution >= 4 is 6.03 Å². The second-order valence-corrected chi connectivity index (χ2v) is 6.20. The van der Waals surface area contributed by atoms with Crippen LogP contribution >= 0.6 is 0 Å². The molecule has 114 valence electrons. The monoisotopic (exact) mass is 288 g/mol. The number of aryl methyl sites for hydroxylation is 1. The largest absolute Gasteiger partial charge is 0.381 e. The van der Waals surface area contributed by atoms with Crippen molar-refractivity contribution in [3.63, 3.8) is 0 Å². The molecule has 0 bridgehead atoms. The summed E-state index contributed by atoms with van der Waals surface area (Å²) in [5, 5.41) is 3.08. The fraction of sp³-hybridized carbons (Fsp3) is 0.588. The van der Waals surface area contributed by atoms with Gasteiger partial charge in [-0.2, -0.15) is 0 Å². The number of benzene rings is 1. The fourth-order valence-corrected chi connectivity index (χ4v) is 2.87. The highest BCUT2D eigenvalue weighted by Gasteiger charge is 2.34. The molecule has 0 aromatic heterocycles. The number of carbonyl (C=O) groups excluding carboxylic acids is 1. The van der Waals surface area contributed by atoms with Gasteiger partial charge >= 0.3 is 6.03 Å². The van der Waals surface area contributed by atoms with Gasteiger partial charge in [-0.15, -0.1) is 0 Å². The van der Waals surface area contributed by atoms with E-state index in [-0.39, 0.29) is 6.03 Å². The molecule has 1 aliphatic carbocycles. The molecule has 2 fully saturated rings. The van der Waals surface area contributed by atoms with Crippen LogP contribution in [0.5, 0.6) is 0 Å². The third kappa shape index (κ3) is 3.76. The lowest BCUT2D eigenvalue weighted by atomic mass is 10.1. The zero-order valence-corrected chi connectivity index (χ0v) is 12.7. The van der Waals surface area contributed by atoms with E-state index in [1.54, 1.807) is 0 Å². The molecule has 2 aliphatic rings. The number of nitrogens with zero attached hydrogens (tertiary/aromatic N) is 1. The SMILES string of the molecule is Cc1ccccc1CNC(=O)N(CC1CCOC1)C1CC1. The molecule has 21 heavy (non-hydrogen) atoms. The molecule has 0 radical (unpaired) electrons. The number of nitrogens with one attached hydrogen (secondary N) is 1. The number of ether oxygens (including phenoxy) is 1. The lowest BCUT2D eigenvalue weighted by Crippen LogP contribution is -2.43. The first-order chi connectivity index (χ1) is 10.2. The van der Waals surface area contributed by atoms with E-state index in [0.29, 0.717) is 18.5 Å². The van der Waals surface area contributed by atoms with Gasteiger partial charge in [0.2, 0.25) is 0 Å². The van der Waals surface area contributed by atoms with Crippen molar-refractivity contribution in [1.82, 2.24) is 10.2 Å².